The lowest BCUT2D eigenvalue weighted by Crippen LogP contribution is -2.38. The van der Waals surface area contributed by atoms with Gasteiger partial charge in [-0.05, 0) is 13.3 Å². The van der Waals surface area contributed by atoms with Gasteiger partial charge in [0.15, 0.2) is 0 Å². The highest BCUT2D eigenvalue weighted by atomic mass is 35.5. The smallest absolute Gasteiger partial charge is 0.240 e. The molecule has 0 aliphatic rings. The molecule has 0 aromatic heterocycles. The molecule has 0 aromatic carbocycles. The van der Waals surface area contributed by atoms with Crippen molar-refractivity contribution in [2.24, 2.45) is 0 Å². The number of hydrogen-bond acceptors (Lipinski definition) is 3. The maximum absolute atomic E-state index is 11.7. The highest BCUT2D eigenvalue weighted by Gasteiger charge is 2.17. The maximum Gasteiger partial charge on any atom is 0.240 e. The molecule has 0 aromatic rings. The van der Waals surface area contributed by atoms with Crippen LogP contribution in [0.15, 0.2) is 0 Å². The Morgan fingerprint density at radius 2 is 2.12 bits per heavy atom. The van der Waals surface area contributed by atoms with Crippen LogP contribution in [0.4, 0.5) is 0 Å². The Kier molecular flexibility index (Phi) is 8.16. The molecule has 0 saturated carbocycles. The average molecular weight is 260 g/mol. The molecule has 6 heteroatoms. The molecule has 17 heavy (non-hydrogen) atoms. The molecule has 0 radical (unpaired) electrons. The Hall–Kier alpha value is -1.28. The topological polar surface area (TPSA) is 73.2 Å². The van der Waals surface area contributed by atoms with E-state index in [1.165, 1.54) is 6.92 Å². The molecule has 0 saturated heterocycles. The van der Waals surface area contributed by atoms with Crippen LogP contribution in [0.1, 0.15) is 26.7 Å². The number of amides is 2. The Bertz CT molecular complexity index is 300. The second-order valence-electron chi connectivity index (χ2n) is 3.69. The fraction of sp³-hybridized carbons (Fsp3) is 0.727. The van der Waals surface area contributed by atoms with Gasteiger partial charge in [-0.1, -0.05) is 0 Å². The van der Waals surface area contributed by atoms with Gasteiger partial charge in [-0.3, -0.25) is 9.59 Å². The number of rotatable bonds is 7. The molecule has 96 valence electrons. The van der Waals surface area contributed by atoms with E-state index in [0.29, 0.717) is 26.1 Å². The average Bonchev–Trinajstić information content (AvgIpc) is 2.26. The van der Waals surface area contributed by atoms with Crippen LogP contribution in [0.5, 0.6) is 0 Å². The molecule has 0 heterocycles. The first-order valence-electron chi connectivity index (χ1n) is 5.53. The van der Waals surface area contributed by atoms with E-state index in [-0.39, 0.29) is 18.2 Å². The van der Waals surface area contributed by atoms with Crippen LogP contribution in [0, 0.1) is 11.3 Å². The van der Waals surface area contributed by atoms with Crippen molar-refractivity contribution in [1.82, 2.24) is 10.2 Å². The summed E-state index contributed by atoms with van der Waals surface area (Å²) >= 11 is 5.72. The Balaban J connectivity index is 4.07. The first-order chi connectivity index (χ1) is 7.99. The van der Waals surface area contributed by atoms with Gasteiger partial charge in [0.05, 0.1) is 12.5 Å². The second-order valence-corrected chi connectivity index (χ2v) is 4.34. The van der Waals surface area contributed by atoms with E-state index < -0.39 is 5.38 Å². The van der Waals surface area contributed by atoms with Gasteiger partial charge in [-0.2, -0.15) is 5.26 Å². The summed E-state index contributed by atoms with van der Waals surface area (Å²) in [5, 5.41) is 10.6. The molecular weight excluding hydrogens is 242 g/mol. The van der Waals surface area contributed by atoms with E-state index in [9.17, 15) is 9.59 Å². The molecular formula is C11H18ClN3O2. The minimum Gasteiger partial charge on any atom is -0.356 e. The van der Waals surface area contributed by atoms with Crippen molar-refractivity contribution in [3.8, 4) is 6.07 Å². The van der Waals surface area contributed by atoms with E-state index in [0.717, 1.165) is 0 Å². The summed E-state index contributed by atoms with van der Waals surface area (Å²) < 4.78 is 0. The number of nitrogens with zero attached hydrogens (tertiary/aromatic N) is 2. The van der Waals surface area contributed by atoms with Crippen molar-refractivity contribution >= 4 is 23.4 Å². The Morgan fingerprint density at radius 1 is 1.47 bits per heavy atom. The van der Waals surface area contributed by atoms with E-state index in [1.807, 2.05) is 6.07 Å². The third-order valence-corrected chi connectivity index (χ3v) is 2.31. The van der Waals surface area contributed by atoms with Crippen molar-refractivity contribution in [3.63, 3.8) is 0 Å². The van der Waals surface area contributed by atoms with Gasteiger partial charge in [0.1, 0.15) is 5.38 Å². The lowest BCUT2D eigenvalue weighted by Gasteiger charge is -2.22. The second kappa shape index (κ2) is 8.82. The molecule has 1 N–H and O–H groups in total. The molecule has 0 bridgehead atoms. The summed E-state index contributed by atoms with van der Waals surface area (Å²) in [6.45, 7) is 4.45. The predicted molar refractivity (Wildman–Crippen MR) is 65.4 cm³/mol. The number of alkyl halides is 1. The minimum atomic E-state index is -0.588. The number of carbonyl (C=O) groups excluding carboxylic acids is 2. The van der Waals surface area contributed by atoms with E-state index in [1.54, 1.807) is 11.8 Å². The van der Waals surface area contributed by atoms with Crippen molar-refractivity contribution in [2.75, 3.05) is 19.6 Å². The van der Waals surface area contributed by atoms with Crippen molar-refractivity contribution < 1.29 is 9.59 Å². The fourth-order valence-corrected chi connectivity index (χ4v) is 1.44. The zero-order valence-electron chi connectivity index (χ0n) is 10.2. The lowest BCUT2D eigenvalue weighted by molar-refractivity contribution is -0.130. The molecule has 0 fully saturated rings. The number of nitriles is 1. The minimum absolute atomic E-state index is 0.0920. The molecule has 5 nitrogen and oxygen atoms in total. The first kappa shape index (κ1) is 15.7. The van der Waals surface area contributed by atoms with Crippen LogP contribution < -0.4 is 5.32 Å². The molecule has 0 aliphatic carbocycles. The van der Waals surface area contributed by atoms with Crippen LogP contribution >= 0.6 is 11.6 Å². The summed E-state index contributed by atoms with van der Waals surface area (Å²) in [5.41, 5.74) is 0. The summed E-state index contributed by atoms with van der Waals surface area (Å²) in [4.78, 5) is 23.9. The van der Waals surface area contributed by atoms with E-state index in [4.69, 9.17) is 16.9 Å². The third kappa shape index (κ3) is 7.58. The SMILES string of the molecule is CC(=O)NCCCN(CCC#N)C(=O)C(C)Cl. The molecule has 2 amide bonds. The number of nitrogens with one attached hydrogen (secondary N) is 1. The van der Waals surface area contributed by atoms with Crippen molar-refractivity contribution in [3.05, 3.63) is 0 Å². The quantitative estimate of drug-likeness (QED) is 0.545. The van der Waals surface area contributed by atoms with Crippen molar-refractivity contribution in [2.45, 2.75) is 32.1 Å². The summed E-state index contributed by atoms with van der Waals surface area (Å²) in [6.07, 6.45) is 0.940. The van der Waals surface area contributed by atoms with Gasteiger partial charge >= 0.3 is 0 Å². The van der Waals surface area contributed by atoms with Gasteiger partial charge in [0.2, 0.25) is 11.8 Å². The van der Waals surface area contributed by atoms with Crippen LogP contribution in [-0.4, -0.2) is 41.7 Å². The Morgan fingerprint density at radius 3 is 2.59 bits per heavy atom. The lowest BCUT2D eigenvalue weighted by atomic mass is 10.3. The zero-order valence-corrected chi connectivity index (χ0v) is 11.0. The highest BCUT2D eigenvalue weighted by molar-refractivity contribution is 6.30. The largest absolute Gasteiger partial charge is 0.356 e. The first-order valence-corrected chi connectivity index (χ1v) is 5.97. The normalized spacial score (nSPS) is 11.4. The predicted octanol–water partition coefficient (Wildman–Crippen LogP) is 0.882. The number of halogens is 1. The van der Waals surface area contributed by atoms with Crippen LogP contribution in [0.25, 0.3) is 0 Å². The van der Waals surface area contributed by atoms with Crippen LogP contribution in [0.2, 0.25) is 0 Å². The third-order valence-electron chi connectivity index (χ3n) is 2.12. The summed E-state index contributed by atoms with van der Waals surface area (Å²) in [7, 11) is 0. The van der Waals surface area contributed by atoms with Gasteiger partial charge in [-0.25, -0.2) is 0 Å². The molecule has 0 rings (SSSR count). The summed E-state index contributed by atoms with van der Waals surface area (Å²) in [5.74, 6) is -0.268. The fourth-order valence-electron chi connectivity index (χ4n) is 1.30. The molecule has 0 aliphatic heterocycles. The zero-order chi connectivity index (χ0) is 13.3. The van der Waals surface area contributed by atoms with E-state index in [2.05, 4.69) is 5.32 Å². The van der Waals surface area contributed by atoms with Gasteiger partial charge < -0.3 is 10.2 Å². The van der Waals surface area contributed by atoms with Crippen molar-refractivity contribution in [1.29, 1.82) is 5.26 Å². The molecule has 1 unspecified atom stereocenters. The highest BCUT2D eigenvalue weighted by Crippen LogP contribution is 2.03. The standard InChI is InChI=1S/C11H18ClN3O2/c1-9(12)11(17)15(7-3-5-13)8-4-6-14-10(2)16/h9H,3-4,6-8H2,1-2H3,(H,14,16). The maximum atomic E-state index is 11.7. The number of carbonyl (C=O) groups is 2. The number of hydrogen-bond donors (Lipinski definition) is 1. The van der Waals surface area contributed by atoms with Crippen LogP contribution in [-0.2, 0) is 9.59 Å². The molecule has 1 atom stereocenters. The van der Waals surface area contributed by atoms with Gasteiger partial charge in [0, 0.05) is 26.6 Å². The van der Waals surface area contributed by atoms with Crippen LogP contribution in [0.3, 0.4) is 0 Å². The van der Waals surface area contributed by atoms with E-state index >= 15 is 0 Å². The Labute approximate surface area is 107 Å². The summed E-state index contributed by atoms with van der Waals surface area (Å²) in [6, 6.07) is 1.99. The monoisotopic (exact) mass is 259 g/mol. The van der Waals surface area contributed by atoms with Gasteiger partial charge in [-0.15, -0.1) is 11.6 Å². The van der Waals surface area contributed by atoms with Gasteiger partial charge in [0.25, 0.3) is 0 Å². The molecule has 0 spiro atoms.